The van der Waals surface area contributed by atoms with E-state index in [9.17, 15) is 9.59 Å². The molecular formula is C18H23N7O2. The van der Waals surface area contributed by atoms with Gasteiger partial charge in [-0.25, -0.2) is 0 Å². The number of carbonyl (C=O) groups is 2. The van der Waals surface area contributed by atoms with Crippen LogP contribution < -0.4 is 5.32 Å². The standard InChI is InChI=1S/C18H23N7O2/c1-13(17(26)20-14-6-7-14)23-8-10-24(11-9-23)18(27)15-4-2-3-5-16(15)25-12-19-21-22-25/h2-5,12-14H,6-11H2,1H3,(H,20,26). The lowest BCUT2D eigenvalue weighted by atomic mass is 10.1. The number of hydrogen-bond acceptors (Lipinski definition) is 6. The van der Waals surface area contributed by atoms with Crippen LogP contribution in [0.4, 0.5) is 0 Å². The molecule has 9 heteroatoms. The average Bonchev–Trinajstić information content (AvgIpc) is 3.35. The number of hydrogen-bond donors (Lipinski definition) is 1. The minimum absolute atomic E-state index is 0.0455. The first-order valence-electron chi connectivity index (χ1n) is 9.29. The van der Waals surface area contributed by atoms with Gasteiger partial charge in [-0.2, -0.15) is 4.68 Å². The van der Waals surface area contributed by atoms with Gasteiger partial charge in [-0.1, -0.05) is 12.1 Å². The summed E-state index contributed by atoms with van der Waals surface area (Å²) in [5, 5.41) is 14.2. The van der Waals surface area contributed by atoms with Crippen molar-refractivity contribution in [1.29, 1.82) is 0 Å². The zero-order chi connectivity index (χ0) is 18.8. The fourth-order valence-corrected chi connectivity index (χ4v) is 3.32. The van der Waals surface area contributed by atoms with Gasteiger partial charge in [0, 0.05) is 32.2 Å². The topological polar surface area (TPSA) is 96.2 Å². The number of amides is 2. The second kappa shape index (κ2) is 7.43. The summed E-state index contributed by atoms with van der Waals surface area (Å²) in [6.45, 7) is 4.46. The van der Waals surface area contributed by atoms with Gasteiger partial charge in [0.05, 0.1) is 17.3 Å². The Labute approximate surface area is 157 Å². The molecule has 1 aromatic carbocycles. The molecule has 2 aliphatic rings. The minimum Gasteiger partial charge on any atom is -0.352 e. The van der Waals surface area contributed by atoms with Gasteiger partial charge in [-0.05, 0) is 42.3 Å². The predicted molar refractivity (Wildman–Crippen MR) is 97.3 cm³/mol. The second-order valence-electron chi connectivity index (χ2n) is 7.06. The Hall–Kier alpha value is -2.81. The molecule has 2 heterocycles. The van der Waals surface area contributed by atoms with E-state index >= 15 is 0 Å². The first kappa shape index (κ1) is 17.6. The molecule has 1 aliphatic heterocycles. The van der Waals surface area contributed by atoms with Crippen LogP contribution >= 0.6 is 0 Å². The molecule has 142 valence electrons. The summed E-state index contributed by atoms with van der Waals surface area (Å²) in [6, 6.07) is 7.50. The van der Waals surface area contributed by atoms with Crippen LogP contribution in [0.25, 0.3) is 5.69 Å². The average molecular weight is 369 g/mol. The molecule has 1 saturated carbocycles. The lowest BCUT2D eigenvalue weighted by molar-refractivity contribution is -0.126. The van der Waals surface area contributed by atoms with Crippen molar-refractivity contribution < 1.29 is 9.59 Å². The highest BCUT2D eigenvalue weighted by atomic mass is 16.2. The first-order chi connectivity index (χ1) is 13.1. The summed E-state index contributed by atoms with van der Waals surface area (Å²) in [7, 11) is 0. The van der Waals surface area contributed by atoms with Gasteiger partial charge in [0.1, 0.15) is 6.33 Å². The van der Waals surface area contributed by atoms with Crippen LogP contribution in [0.15, 0.2) is 30.6 Å². The van der Waals surface area contributed by atoms with Gasteiger partial charge in [-0.3, -0.25) is 14.5 Å². The zero-order valence-corrected chi connectivity index (χ0v) is 15.3. The fourth-order valence-electron chi connectivity index (χ4n) is 3.32. The maximum atomic E-state index is 13.0. The van der Waals surface area contributed by atoms with Crippen LogP contribution in [-0.4, -0.2) is 80.1 Å². The Morgan fingerprint density at radius 1 is 1.15 bits per heavy atom. The van der Waals surface area contributed by atoms with Crippen LogP contribution in [0.2, 0.25) is 0 Å². The van der Waals surface area contributed by atoms with Crippen molar-refractivity contribution in [3.63, 3.8) is 0 Å². The van der Waals surface area contributed by atoms with E-state index in [1.165, 1.54) is 11.0 Å². The summed E-state index contributed by atoms with van der Waals surface area (Å²) in [5.41, 5.74) is 1.23. The normalized spacial score (nSPS) is 18.9. The summed E-state index contributed by atoms with van der Waals surface area (Å²) in [6.07, 6.45) is 3.65. The highest BCUT2D eigenvalue weighted by Gasteiger charge is 2.31. The third kappa shape index (κ3) is 3.82. The lowest BCUT2D eigenvalue weighted by Gasteiger charge is -2.37. The molecule has 1 aromatic heterocycles. The summed E-state index contributed by atoms with van der Waals surface area (Å²) in [5.74, 6) is 0.0390. The molecule has 1 unspecified atom stereocenters. The number of para-hydroxylation sites is 1. The van der Waals surface area contributed by atoms with Crippen LogP contribution in [0.1, 0.15) is 30.1 Å². The predicted octanol–water partition coefficient (Wildman–Crippen LogP) is 0.0872. The van der Waals surface area contributed by atoms with Crippen molar-refractivity contribution in [3.8, 4) is 5.69 Å². The first-order valence-corrected chi connectivity index (χ1v) is 9.29. The molecule has 27 heavy (non-hydrogen) atoms. The number of tetrazole rings is 1. The van der Waals surface area contributed by atoms with E-state index in [4.69, 9.17) is 0 Å². The van der Waals surface area contributed by atoms with Crippen molar-refractivity contribution in [2.24, 2.45) is 0 Å². The largest absolute Gasteiger partial charge is 0.352 e. The van der Waals surface area contributed by atoms with Crippen LogP contribution in [-0.2, 0) is 4.79 Å². The lowest BCUT2D eigenvalue weighted by Crippen LogP contribution is -2.55. The summed E-state index contributed by atoms with van der Waals surface area (Å²) < 4.78 is 1.49. The van der Waals surface area contributed by atoms with E-state index < -0.39 is 0 Å². The monoisotopic (exact) mass is 369 g/mol. The number of benzene rings is 1. The van der Waals surface area contributed by atoms with E-state index in [-0.39, 0.29) is 17.9 Å². The molecule has 9 nitrogen and oxygen atoms in total. The molecule has 2 fully saturated rings. The quantitative estimate of drug-likeness (QED) is 0.802. The van der Waals surface area contributed by atoms with E-state index in [0.29, 0.717) is 43.5 Å². The van der Waals surface area contributed by atoms with Crippen molar-refractivity contribution >= 4 is 11.8 Å². The van der Waals surface area contributed by atoms with Gasteiger partial charge >= 0.3 is 0 Å². The number of piperazine rings is 1. The maximum Gasteiger partial charge on any atom is 0.256 e. The second-order valence-corrected chi connectivity index (χ2v) is 7.06. The van der Waals surface area contributed by atoms with E-state index in [1.54, 1.807) is 6.07 Å². The van der Waals surface area contributed by atoms with Crippen LogP contribution in [0.5, 0.6) is 0 Å². The molecule has 1 saturated heterocycles. The molecule has 2 aromatic rings. The molecule has 1 aliphatic carbocycles. The SMILES string of the molecule is CC(C(=O)NC1CC1)N1CCN(C(=O)c2ccccc2-n2cnnn2)CC1. The molecule has 0 spiro atoms. The van der Waals surface area contributed by atoms with E-state index in [1.807, 2.05) is 30.0 Å². The van der Waals surface area contributed by atoms with Gasteiger partial charge in [-0.15, -0.1) is 5.10 Å². The van der Waals surface area contributed by atoms with Gasteiger partial charge in [0.2, 0.25) is 5.91 Å². The Kier molecular flexibility index (Phi) is 4.85. The Balaban J connectivity index is 1.40. The molecule has 1 atom stereocenters. The molecule has 4 rings (SSSR count). The van der Waals surface area contributed by atoms with Crippen LogP contribution in [0, 0.1) is 0 Å². The van der Waals surface area contributed by atoms with Crippen LogP contribution in [0.3, 0.4) is 0 Å². The van der Waals surface area contributed by atoms with Gasteiger partial charge < -0.3 is 10.2 Å². The minimum atomic E-state index is -0.170. The Morgan fingerprint density at radius 2 is 1.89 bits per heavy atom. The van der Waals surface area contributed by atoms with Crippen molar-refractivity contribution in [2.75, 3.05) is 26.2 Å². The molecule has 0 bridgehead atoms. The van der Waals surface area contributed by atoms with E-state index in [0.717, 1.165) is 12.8 Å². The molecule has 2 amide bonds. The molecule has 1 N–H and O–H groups in total. The molecule has 0 radical (unpaired) electrons. The van der Waals surface area contributed by atoms with E-state index in [2.05, 4.69) is 25.7 Å². The van der Waals surface area contributed by atoms with Crippen molar-refractivity contribution in [3.05, 3.63) is 36.2 Å². The Morgan fingerprint density at radius 3 is 2.56 bits per heavy atom. The summed E-state index contributed by atoms with van der Waals surface area (Å²) in [4.78, 5) is 29.2. The number of aromatic nitrogens is 4. The number of rotatable bonds is 5. The number of nitrogens with zero attached hydrogens (tertiary/aromatic N) is 6. The Bertz CT molecular complexity index is 811. The highest BCUT2D eigenvalue weighted by molar-refractivity contribution is 5.97. The van der Waals surface area contributed by atoms with Gasteiger partial charge in [0.25, 0.3) is 5.91 Å². The third-order valence-corrected chi connectivity index (χ3v) is 5.18. The molecular weight excluding hydrogens is 346 g/mol. The fraction of sp³-hybridized carbons (Fsp3) is 0.500. The summed E-state index contributed by atoms with van der Waals surface area (Å²) >= 11 is 0. The van der Waals surface area contributed by atoms with Crippen molar-refractivity contribution in [1.82, 2.24) is 35.3 Å². The smallest absolute Gasteiger partial charge is 0.256 e. The van der Waals surface area contributed by atoms with Gasteiger partial charge in [0.15, 0.2) is 0 Å². The third-order valence-electron chi connectivity index (χ3n) is 5.18. The number of carbonyl (C=O) groups excluding carboxylic acids is 2. The highest BCUT2D eigenvalue weighted by Crippen LogP contribution is 2.20. The number of nitrogens with one attached hydrogen (secondary N) is 1. The zero-order valence-electron chi connectivity index (χ0n) is 15.3. The maximum absolute atomic E-state index is 13.0. The van der Waals surface area contributed by atoms with Crippen molar-refractivity contribution in [2.45, 2.75) is 31.8 Å².